The number of hydrogen-bond donors (Lipinski definition) is 2. The standard InChI is InChI=1S/C15H10N2O8/c1-5-4-8(19)11-12(13(5)17(24)25)15(21)10-7(18)3-2-6(16(22)23)9(10)14(11)20/h2-4,11-12,18-19H,1H3. The summed E-state index contributed by atoms with van der Waals surface area (Å²) in [6, 6.07) is 1.74. The summed E-state index contributed by atoms with van der Waals surface area (Å²) in [5.74, 6) is -6.62. The third-order valence-corrected chi connectivity index (χ3v) is 4.33. The van der Waals surface area contributed by atoms with Gasteiger partial charge in [-0.3, -0.25) is 29.8 Å². The van der Waals surface area contributed by atoms with Crippen molar-refractivity contribution in [3.8, 4) is 5.75 Å². The first kappa shape index (κ1) is 16.3. The monoisotopic (exact) mass is 346 g/mol. The molecule has 10 nitrogen and oxygen atoms in total. The Morgan fingerprint density at radius 2 is 1.56 bits per heavy atom. The molecule has 0 saturated carbocycles. The molecule has 0 aromatic heterocycles. The van der Waals surface area contributed by atoms with Crippen molar-refractivity contribution in [1.82, 2.24) is 0 Å². The smallest absolute Gasteiger partial charge is 0.281 e. The molecule has 0 aliphatic heterocycles. The van der Waals surface area contributed by atoms with Crippen LogP contribution >= 0.6 is 0 Å². The molecule has 128 valence electrons. The van der Waals surface area contributed by atoms with E-state index in [1.165, 1.54) is 6.92 Å². The molecule has 1 aromatic rings. The molecule has 2 aliphatic carbocycles. The molecule has 25 heavy (non-hydrogen) atoms. The molecule has 0 saturated heterocycles. The van der Waals surface area contributed by atoms with Crippen LogP contribution in [-0.2, 0) is 0 Å². The molecule has 0 heterocycles. The summed E-state index contributed by atoms with van der Waals surface area (Å²) < 4.78 is 0. The van der Waals surface area contributed by atoms with Gasteiger partial charge in [0.2, 0.25) is 0 Å². The summed E-state index contributed by atoms with van der Waals surface area (Å²) in [6.07, 6.45) is 0.990. The molecule has 2 unspecified atom stereocenters. The maximum absolute atomic E-state index is 12.8. The Morgan fingerprint density at radius 3 is 2.12 bits per heavy atom. The van der Waals surface area contributed by atoms with Crippen molar-refractivity contribution in [2.45, 2.75) is 6.92 Å². The summed E-state index contributed by atoms with van der Waals surface area (Å²) in [7, 11) is 0. The number of nitrogens with zero attached hydrogens (tertiary/aromatic N) is 2. The second-order valence-corrected chi connectivity index (χ2v) is 5.69. The number of benzene rings is 1. The molecular formula is C15H10N2O8. The zero-order valence-electron chi connectivity index (χ0n) is 12.6. The van der Waals surface area contributed by atoms with Crippen molar-refractivity contribution in [2.24, 2.45) is 11.8 Å². The first-order valence-corrected chi connectivity index (χ1v) is 7.01. The third-order valence-electron chi connectivity index (χ3n) is 4.33. The van der Waals surface area contributed by atoms with Crippen LogP contribution in [0.1, 0.15) is 27.6 Å². The summed E-state index contributed by atoms with van der Waals surface area (Å²) in [5, 5.41) is 42.5. The number of phenols is 1. The van der Waals surface area contributed by atoms with Crippen molar-refractivity contribution in [3.05, 3.63) is 66.6 Å². The lowest BCUT2D eigenvalue weighted by Crippen LogP contribution is -2.42. The fraction of sp³-hybridized carbons (Fsp3) is 0.200. The highest BCUT2D eigenvalue weighted by Crippen LogP contribution is 2.46. The van der Waals surface area contributed by atoms with Crippen LogP contribution in [0.2, 0.25) is 0 Å². The number of rotatable bonds is 2. The van der Waals surface area contributed by atoms with Crippen molar-refractivity contribution in [1.29, 1.82) is 0 Å². The van der Waals surface area contributed by atoms with E-state index in [1.807, 2.05) is 0 Å². The predicted octanol–water partition coefficient (Wildman–Crippen LogP) is 1.92. The Bertz CT molecular complexity index is 943. The van der Waals surface area contributed by atoms with E-state index >= 15 is 0 Å². The van der Waals surface area contributed by atoms with Crippen molar-refractivity contribution in [3.63, 3.8) is 0 Å². The molecule has 2 atom stereocenters. The number of aliphatic hydroxyl groups is 1. The van der Waals surface area contributed by atoms with Crippen LogP contribution in [0.4, 0.5) is 5.69 Å². The molecule has 0 amide bonds. The highest BCUT2D eigenvalue weighted by atomic mass is 16.6. The zero-order chi connectivity index (χ0) is 18.6. The van der Waals surface area contributed by atoms with Gasteiger partial charge in [0.05, 0.1) is 15.4 Å². The number of fused-ring (bicyclic) bond motifs is 2. The van der Waals surface area contributed by atoms with Crippen LogP contribution in [0.5, 0.6) is 5.75 Å². The minimum absolute atomic E-state index is 0.0155. The highest BCUT2D eigenvalue weighted by molar-refractivity contribution is 6.21. The van der Waals surface area contributed by atoms with Crippen molar-refractivity contribution < 1.29 is 29.6 Å². The molecule has 2 N–H and O–H groups in total. The lowest BCUT2D eigenvalue weighted by Gasteiger charge is -2.31. The summed E-state index contributed by atoms with van der Waals surface area (Å²) in [6.45, 7) is 1.30. The Hall–Kier alpha value is -3.56. The van der Waals surface area contributed by atoms with Crippen LogP contribution in [0.3, 0.4) is 0 Å². The van der Waals surface area contributed by atoms with E-state index in [0.29, 0.717) is 0 Å². The number of allylic oxidation sites excluding steroid dienone is 4. The molecule has 3 rings (SSSR count). The highest BCUT2D eigenvalue weighted by Gasteiger charge is 2.54. The van der Waals surface area contributed by atoms with E-state index in [-0.39, 0.29) is 5.57 Å². The van der Waals surface area contributed by atoms with Crippen LogP contribution in [-0.4, -0.2) is 31.6 Å². The van der Waals surface area contributed by atoms with Gasteiger partial charge in [-0.05, 0) is 19.1 Å². The second kappa shape index (κ2) is 5.23. The van der Waals surface area contributed by atoms with Gasteiger partial charge in [-0.15, -0.1) is 0 Å². The predicted molar refractivity (Wildman–Crippen MR) is 80.8 cm³/mol. The molecule has 1 aromatic carbocycles. The fourth-order valence-electron chi connectivity index (χ4n) is 3.32. The van der Waals surface area contributed by atoms with E-state index in [4.69, 9.17) is 0 Å². The van der Waals surface area contributed by atoms with Crippen LogP contribution in [0.25, 0.3) is 0 Å². The average molecular weight is 346 g/mol. The Kier molecular flexibility index (Phi) is 3.41. The van der Waals surface area contributed by atoms with Gasteiger partial charge < -0.3 is 10.2 Å². The van der Waals surface area contributed by atoms with E-state index < -0.39 is 67.3 Å². The van der Waals surface area contributed by atoms with Gasteiger partial charge >= 0.3 is 0 Å². The van der Waals surface area contributed by atoms with Gasteiger partial charge in [-0.2, -0.15) is 0 Å². The van der Waals surface area contributed by atoms with E-state index in [0.717, 1.165) is 18.2 Å². The first-order valence-electron chi connectivity index (χ1n) is 7.01. The number of carbonyl (C=O) groups is 2. The van der Waals surface area contributed by atoms with Crippen molar-refractivity contribution in [2.75, 3.05) is 0 Å². The maximum atomic E-state index is 12.8. The number of nitro groups is 2. The van der Waals surface area contributed by atoms with E-state index in [1.54, 1.807) is 0 Å². The van der Waals surface area contributed by atoms with Crippen LogP contribution in [0.15, 0.2) is 35.2 Å². The van der Waals surface area contributed by atoms with Crippen LogP contribution in [0, 0.1) is 32.1 Å². The number of nitro benzene ring substituents is 1. The molecule has 0 fully saturated rings. The number of aromatic hydroxyl groups is 1. The van der Waals surface area contributed by atoms with E-state index in [9.17, 15) is 40.0 Å². The van der Waals surface area contributed by atoms with Gasteiger partial charge in [0.25, 0.3) is 11.4 Å². The number of carbonyl (C=O) groups excluding carboxylic acids is 2. The Balaban J connectivity index is 2.37. The fourth-order valence-corrected chi connectivity index (χ4v) is 3.32. The number of phenolic OH excluding ortho intramolecular Hbond substituents is 1. The van der Waals surface area contributed by atoms with E-state index in [2.05, 4.69) is 0 Å². The van der Waals surface area contributed by atoms with Crippen molar-refractivity contribution >= 4 is 17.3 Å². The summed E-state index contributed by atoms with van der Waals surface area (Å²) in [5.41, 5.74) is -2.61. The van der Waals surface area contributed by atoms with Crippen LogP contribution < -0.4 is 0 Å². The normalized spacial score (nSPS) is 22.2. The number of ketones is 2. The molecule has 0 bridgehead atoms. The SMILES string of the molecule is CC1=C([N+](=O)[O-])C2C(=O)c3c(O)ccc([N+](=O)[O-])c3C(=O)C2C(O)=C1. The lowest BCUT2D eigenvalue weighted by atomic mass is 9.68. The minimum atomic E-state index is -1.66. The summed E-state index contributed by atoms with van der Waals surface area (Å²) >= 11 is 0. The molecule has 0 radical (unpaired) electrons. The molecule has 2 aliphatic rings. The summed E-state index contributed by atoms with van der Waals surface area (Å²) in [4.78, 5) is 46.3. The number of hydrogen-bond acceptors (Lipinski definition) is 8. The van der Waals surface area contributed by atoms with Gasteiger partial charge in [-0.25, -0.2) is 0 Å². The maximum Gasteiger partial charge on any atom is 0.281 e. The van der Waals surface area contributed by atoms with Gasteiger partial charge in [0.1, 0.15) is 28.9 Å². The topological polar surface area (TPSA) is 161 Å². The number of aliphatic hydroxyl groups excluding tert-OH is 1. The van der Waals surface area contributed by atoms with Gasteiger partial charge in [0, 0.05) is 11.6 Å². The lowest BCUT2D eigenvalue weighted by molar-refractivity contribution is -0.433. The Morgan fingerprint density at radius 1 is 0.960 bits per heavy atom. The first-order chi connectivity index (χ1) is 11.7. The minimum Gasteiger partial charge on any atom is -0.511 e. The Labute approximate surface area is 139 Å². The quantitative estimate of drug-likeness (QED) is 0.606. The largest absolute Gasteiger partial charge is 0.511 e. The second-order valence-electron chi connectivity index (χ2n) is 5.69. The molecule has 10 heteroatoms. The average Bonchev–Trinajstić information content (AvgIpc) is 2.50. The molecular weight excluding hydrogens is 336 g/mol. The molecule has 0 spiro atoms. The zero-order valence-corrected chi connectivity index (χ0v) is 12.6. The van der Waals surface area contributed by atoms with Gasteiger partial charge in [0.15, 0.2) is 11.6 Å². The number of Topliss-reactive ketones (excluding diaryl/α,β-unsaturated/α-hetero) is 2. The van der Waals surface area contributed by atoms with Gasteiger partial charge in [-0.1, -0.05) is 0 Å². The third kappa shape index (κ3) is 2.11.